The molecule has 0 unspecified atom stereocenters. The number of aliphatic hydroxyl groups excluding tert-OH is 1. The summed E-state index contributed by atoms with van der Waals surface area (Å²) in [6.07, 6.45) is 0. The molecule has 0 aromatic heterocycles. The summed E-state index contributed by atoms with van der Waals surface area (Å²) < 4.78 is 0. The standard InChI is InChI=1S/C7H7.CH4O.BrH.2ClH.Zn/c1-7-5-3-2-4-6-7;1-2;;;;/h2-6H,1H2;2H,1H3;3*1H;/q-1;;;;;+2/p-2. The normalized spacial score (nSPS) is 5.85. The summed E-state index contributed by atoms with van der Waals surface area (Å²) in [5.41, 5.74) is 1.07. The molecule has 0 aliphatic rings. The van der Waals surface area contributed by atoms with E-state index in [-0.39, 0.29) is 17.0 Å². The zero-order valence-corrected chi connectivity index (χ0v) is 13.6. The molecule has 0 heterocycles. The molecule has 1 aromatic carbocycles. The van der Waals surface area contributed by atoms with Crippen LogP contribution >= 0.6 is 36.4 Å². The zero-order valence-electron chi connectivity index (χ0n) is 7.41. The van der Waals surface area contributed by atoms with Crippen molar-refractivity contribution in [3.05, 3.63) is 42.8 Å². The molecule has 1 aromatic rings. The minimum atomic E-state index is -0.931. The average Bonchev–Trinajstić information content (AvgIpc) is 2.11. The van der Waals surface area contributed by atoms with Gasteiger partial charge in [-0.25, -0.2) is 0 Å². The first-order valence-electron chi connectivity index (χ1n) is 3.25. The molecule has 0 amide bonds. The Balaban J connectivity index is -0.000000146. The van der Waals surface area contributed by atoms with E-state index in [4.69, 9.17) is 24.5 Å². The van der Waals surface area contributed by atoms with Gasteiger partial charge in [-0.05, 0) is 0 Å². The molecule has 0 atom stereocenters. The minimum absolute atomic E-state index is 0. The van der Waals surface area contributed by atoms with E-state index in [0.29, 0.717) is 0 Å². The van der Waals surface area contributed by atoms with Gasteiger partial charge in [-0.1, -0.05) is 6.07 Å². The van der Waals surface area contributed by atoms with Crippen molar-refractivity contribution in [1.82, 2.24) is 0 Å². The van der Waals surface area contributed by atoms with E-state index >= 15 is 0 Å². The molecule has 0 aliphatic carbocycles. The Bertz CT molecular complexity index is 163. The van der Waals surface area contributed by atoms with Gasteiger partial charge in [0.05, 0.1) is 0 Å². The Morgan fingerprint density at radius 2 is 1.46 bits per heavy atom. The Morgan fingerprint density at radius 1 is 1.15 bits per heavy atom. The first-order chi connectivity index (χ1) is 5.81. The first-order valence-corrected chi connectivity index (χ1v) is 11.0. The molecule has 0 saturated carbocycles. The van der Waals surface area contributed by atoms with Gasteiger partial charge in [-0.3, -0.25) is 0 Å². The monoisotopic (exact) mass is 337 g/mol. The van der Waals surface area contributed by atoms with Gasteiger partial charge in [0, 0.05) is 7.11 Å². The van der Waals surface area contributed by atoms with Gasteiger partial charge in [0.2, 0.25) is 0 Å². The third-order valence-corrected chi connectivity index (χ3v) is 0.843. The van der Waals surface area contributed by atoms with E-state index in [1.165, 1.54) is 0 Å². The Hall–Kier alpha value is 0.733. The third-order valence-electron chi connectivity index (χ3n) is 0.843. The van der Waals surface area contributed by atoms with Gasteiger partial charge < -0.3 is 5.11 Å². The number of hydrogen-bond acceptors (Lipinski definition) is 1. The molecule has 0 saturated heterocycles. The summed E-state index contributed by atoms with van der Waals surface area (Å²) in [5, 5.41) is 7.00. The third kappa shape index (κ3) is 19.2. The fraction of sp³-hybridized carbons (Fsp3) is 0.125. The number of aliphatic hydroxyl groups is 1. The molecular weight excluding hydrogens is 328 g/mol. The van der Waals surface area contributed by atoms with Crippen LogP contribution in [0.3, 0.4) is 0 Å². The number of hydrogen-bond donors (Lipinski definition) is 1. The first kappa shape index (κ1) is 19.3. The summed E-state index contributed by atoms with van der Waals surface area (Å²) in [6.45, 7) is 3.72. The van der Waals surface area contributed by atoms with Crippen molar-refractivity contribution in [2.75, 3.05) is 7.11 Å². The Morgan fingerprint density at radius 3 is 1.62 bits per heavy atom. The molecule has 0 bridgehead atoms. The van der Waals surface area contributed by atoms with Crippen molar-refractivity contribution in [3.63, 3.8) is 0 Å². The number of halogens is 3. The summed E-state index contributed by atoms with van der Waals surface area (Å²) in [6, 6.07) is 9.87. The Kier molecular flexibility index (Phi) is 27.5. The van der Waals surface area contributed by atoms with Crippen molar-refractivity contribution in [2.24, 2.45) is 0 Å². The zero-order chi connectivity index (χ0) is 9.82. The van der Waals surface area contributed by atoms with E-state index in [0.717, 1.165) is 12.7 Å². The van der Waals surface area contributed by atoms with Crippen molar-refractivity contribution in [3.8, 4) is 0 Å². The van der Waals surface area contributed by atoms with Gasteiger partial charge in [0.1, 0.15) is 0 Å². The van der Waals surface area contributed by atoms with E-state index in [1.54, 1.807) is 0 Å². The topological polar surface area (TPSA) is 20.2 Å². The number of rotatable bonds is 0. The molecule has 1 nitrogen and oxygen atoms in total. The second-order valence-corrected chi connectivity index (χ2v) is 6.21. The summed E-state index contributed by atoms with van der Waals surface area (Å²) >= 11 is -0.931. The van der Waals surface area contributed by atoms with Crippen LogP contribution in [0.2, 0.25) is 0 Å². The maximum atomic E-state index is 7.00. The second kappa shape index (κ2) is 18.5. The molecule has 0 spiro atoms. The van der Waals surface area contributed by atoms with Gasteiger partial charge in [-0.15, -0.1) is 29.1 Å². The molecular formula is C8H12BrCl2OZn-. The van der Waals surface area contributed by atoms with Crippen LogP contribution in [0.5, 0.6) is 0 Å². The fourth-order valence-electron chi connectivity index (χ4n) is 0.478. The second-order valence-electron chi connectivity index (χ2n) is 1.59. The molecule has 74 valence electrons. The fourth-order valence-corrected chi connectivity index (χ4v) is 0.478. The Labute approximate surface area is 106 Å². The summed E-state index contributed by atoms with van der Waals surface area (Å²) in [7, 11) is 10.9. The van der Waals surface area contributed by atoms with Gasteiger partial charge in [-0.2, -0.15) is 24.6 Å². The molecule has 13 heavy (non-hydrogen) atoms. The van der Waals surface area contributed by atoms with Crippen LogP contribution in [-0.4, -0.2) is 12.2 Å². The predicted octanol–water partition coefficient (Wildman–Crippen LogP) is 3.43. The van der Waals surface area contributed by atoms with Crippen molar-refractivity contribution < 1.29 is 20.3 Å². The van der Waals surface area contributed by atoms with Crippen molar-refractivity contribution in [2.45, 2.75) is 0 Å². The molecule has 1 N–H and O–H groups in total. The van der Waals surface area contributed by atoms with Crippen LogP contribution in [0.1, 0.15) is 5.56 Å². The summed E-state index contributed by atoms with van der Waals surface area (Å²) in [5.74, 6) is 0. The van der Waals surface area contributed by atoms with E-state index in [9.17, 15) is 0 Å². The summed E-state index contributed by atoms with van der Waals surface area (Å²) in [4.78, 5) is 0. The van der Waals surface area contributed by atoms with Crippen LogP contribution in [0.25, 0.3) is 0 Å². The molecule has 0 fully saturated rings. The number of benzene rings is 1. The quantitative estimate of drug-likeness (QED) is 0.567. The van der Waals surface area contributed by atoms with Crippen molar-refractivity contribution in [1.29, 1.82) is 0 Å². The molecule has 5 heteroatoms. The predicted molar refractivity (Wildman–Crippen MR) is 61.1 cm³/mol. The van der Waals surface area contributed by atoms with Gasteiger partial charge >= 0.3 is 34.5 Å². The van der Waals surface area contributed by atoms with Gasteiger partial charge in [0.25, 0.3) is 0 Å². The van der Waals surface area contributed by atoms with E-state index in [1.807, 2.05) is 30.3 Å². The molecule has 0 radical (unpaired) electrons. The van der Waals surface area contributed by atoms with Crippen LogP contribution in [-0.2, 0) is 15.1 Å². The van der Waals surface area contributed by atoms with Crippen LogP contribution in [0, 0.1) is 6.92 Å². The van der Waals surface area contributed by atoms with Crippen LogP contribution < -0.4 is 0 Å². The SMILES string of the molecule is Br.CO.[CH2-]c1ccccc1.[Cl][Zn][Cl]. The maximum absolute atomic E-state index is 7.00. The van der Waals surface area contributed by atoms with Crippen LogP contribution in [0.4, 0.5) is 0 Å². The van der Waals surface area contributed by atoms with Gasteiger partial charge in [0.15, 0.2) is 0 Å². The van der Waals surface area contributed by atoms with E-state index in [2.05, 4.69) is 6.92 Å². The van der Waals surface area contributed by atoms with Crippen molar-refractivity contribution >= 4 is 36.4 Å². The molecule has 0 aliphatic heterocycles. The van der Waals surface area contributed by atoms with Crippen LogP contribution in [0.15, 0.2) is 30.3 Å². The average molecular weight is 340 g/mol. The van der Waals surface area contributed by atoms with E-state index < -0.39 is 15.1 Å². The molecule has 1 rings (SSSR count).